The molecule has 1 rings (SSSR count). The van der Waals surface area contributed by atoms with Crippen LogP contribution < -0.4 is 34.7 Å². The van der Waals surface area contributed by atoms with Crippen molar-refractivity contribution in [3.63, 3.8) is 0 Å². The average Bonchev–Trinajstić information content (AvgIpc) is 1.83. The van der Waals surface area contributed by atoms with E-state index in [2.05, 4.69) is 0 Å². The van der Waals surface area contributed by atoms with Gasteiger partial charge in [0.15, 0.2) is 0 Å². The summed E-state index contributed by atoms with van der Waals surface area (Å²) in [7, 11) is 0. The molecule has 1 aromatic rings. The zero-order valence-electron chi connectivity index (χ0n) is 6.64. The molecule has 10 heavy (non-hydrogen) atoms. The molecule has 0 aliphatic carbocycles. The monoisotopic (exact) mass is 144 g/mol. The van der Waals surface area contributed by atoms with Gasteiger partial charge in [0, 0.05) is 0 Å². The molecule has 0 aromatic heterocycles. The molecule has 0 heterocycles. The Kier molecular flexibility index (Phi) is 4.02. The summed E-state index contributed by atoms with van der Waals surface area (Å²) >= 11 is 0. The van der Waals surface area contributed by atoms with Gasteiger partial charge in [0.05, 0.1) is 0 Å². The molecular weight excluding hydrogens is 135 g/mol. The zero-order valence-corrected chi connectivity index (χ0v) is 8.64. The Balaban J connectivity index is 0.000000810. The first-order valence-corrected chi connectivity index (χ1v) is 2.95. The predicted molar refractivity (Wildman–Crippen MR) is 35.4 cm³/mol. The molecule has 0 aliphatic heterocycles. The fraction of sp³-hybridized carbons (Fsp3) is 0.250. The number of rotatable bonds is 0. The van der Waals surface area contributed by atoms with E-state index >= 15 is 0 Å². The minimum atomic E-state index is 0. The molecule has 0 unspecified atom stereocenters. The molecular formula is C8H9NaO. The van der Waals surface area contributed by atoms with Crippen LogP contribution >= 0.6 is 0 Å². The van der Waals surface area contributed by atoms with Crippen LogP contribution in [0.2, 0.25) is 0 Å². The van der Waals surface area contributed by atoms with Crippen molar-refractivity contribution in [2.75, 3.05) is 0 Å². The van der Waals surface area contributed by atoms with Gasteiger partial charge in [-0.1, -0.05) is 23.8 Å². The number of hydrogen-bond acceptors (Lipinski definition) is 1. The van der Waals surface area contributed by atoms with Crippen molar-refractivity contribution >= 4 is 0 Å². The second-order valence-electron chi connectivity index (χ2n) is 2.20. The molecule has 0 fully saturated rings. The van der Waals surface area contributed by atoms with Crippen LogP contribution in [0, 0.1) is 13.8 Å². The summed E-state index contributed by atoms with van der Waals surface area (Å²) in [6.07, 6.45) is 0. The van der Waals surface area contributed by atoms with Gasteiger partial charge in [0.1, 0.15) is 0 Å². The molecule has 48 valence electrons. The smallest absolute Gasteiger partial charge is 0.872 e. The summed E-state index contributed by atoms with van der Waals surface area (Å²) < 4.78 is 0. The van der Waals surface area contributed by atoms with Gasteiger partial charge in [-0.05, 0) is 19.4 Å². The van der Waals surface area contributed by atoms with Gasteiger partial charge in [-0.25, -0.2) is 0 Å². The first kappa shape index (κ1) is 10.0. The summed E-state index contributed by atoms with van der Waals surface area (Å²) in [4.78, 5) is 0. The second-order valence-corrected chi connectivity index (χ2v) is 2.20. The topological polar surface area (TPSA) is 23.1 Å². The molecule has 0 atom stereocenters. The van der Waals surface area contributed by atoms with E-state index in [0.29, 0.717) is 0 Å². The molecule has 0 bridgehead atoms. The molecule has 1 aromatic carbocycles. The van der Waals surface area contributed by atoms with E-state index in [4.69, 9.17) is 0 Å². The maximum atomic E-state index is 10.8. The maximum absolute atomic E-state index is 10.8. The number of aryl methyl sites for hydroxylation is 1. The molecule has 0 saturated heterocycles. The SMILES string of the molecule is Cc1cccc([O-])c1C.[Na+]. The standard InChI is InChI=1S/C8H10O.Na/c1-6-4-3-5-8(9)7(6)2;/h3-5,9H,1-2H3;/q;+1/p-1. The van der Waals surface area contributed by atoms with Gasteiger partial charge < -0.3 is 5.11 Å². The molecule has 0 spiro atoms. The normalized spacial score (nSPS) is 8.60. The van der Waals surface area contributed by atoms with Crippen molar-refractivity contribution in [3.8, 4) is 5.75 Å². The van der Waals surface area contributed by atoms with Gasteiger partial charge >= 0.3 is 29.6 Å². The Hall–Kier alpha value is 0.0200. The van der Waals surface area contributed by atoms with Crippen LogP contribution in [-0.4, -0.2) is 0 Å². The summed E-state index contributed by atoms with van der Waals surface area (Å²) in [5.41, 5.74) is 1.93. The molecule has 1 nitrogen and oxygen atoms in total. The van der Waals surface area contributed by atoms with Crippen LogP contribution in [0.1, 0.15) is 11.1 Å². The van der Waals surface area contributed by atoms with Crippen LogP contribution in [0.5, 0.6) is 5.75 Å². The third kappa shape index (κ3) is 2.01. The quantitative estimate of drug-likeness (QED) is 0.401. The van der Waals surface area contributed by atoms with Crippen molar-refractivity contribution in [1.29, 1.82) is 0 Å². The fourth-order valence-electron chi connectivity index (χ4n) is 0.724. The summed E-state index contributed by atoms with van der Waals surface area (Å²) in [5.74, 6) is 0.134. The van der Waals surface area contributed by atoms with Gasteiger partial charge in [-0.2, -0.15) is 0 Å². The largest absolute Gasteiger partial charge is 1.00 e. The minimum Gasteiger partial charge on any atom is -0.872 e. The molecule has 0 aliphatic rings. The van der Waals surface area contributed by atoms with E-state index in [1.54, 1.807) is 12.1 Å². The summed E-state index contributed by atoms with van der Waals surface area (Å²) in [6.45, 7) is 3.79. The Bertz CT molecular complexity index is 200. The predicted octanol–water partition coefficient (Wildman–Crippen LogP) is -1.62. The molecule has 0 amide bonds. The third-order valence-corrected chi connectivity index (χ3v) is 1.55. The first-order valence-electron chi connectivity index (χ1n) is 2.95. The fourth-order valence-corrected chi connectivity index (χ4v) is 0.724. The Morgan fingerprint density at radius 3 is 2.20 bits per heavy atom. The van der Waals surface area contributed by atoms with Crippen LogP contribution in [-0.2, 0) is 0 Å². The van der Waals surface area contributed by atoms with Crippen molar-refractivity contribution in [2.45, 2.75) is 13.8 Å². The molecule has 0 radical (unpaired) electrons. The Morgan fingerprint density at radius 2 is 1.80 bits per heavy atom. The third-order valence-electron chi connectivity index (χ3n) is 1.55. The van der Waals surface area contributed by atoms with Gasteiger partial charge in [0.25, 0.3) is 0 Å². The van der Waals surface area contributed by atoms with Crippen molar-refractivity contribution in [1.82, 2.24) is 0 Å². The van der Waals surface area contributed by atoms with E-state index in [1.807, 2.05) is 19.9 Å². The van der Waals surface area contributed by atoms with Crippen molar-refractivity contribution in [2.24, 2.45) is 0 Å². The van der Waals surface area contributed by atoms with Gasteiger partial charge in [0.2, 0.25) is 0 Å². The van der Waals surface area contributed by atoms with Crippen molar-refractivity contribution in [3.05, 3.63) is 29.3 Å². The van der Waals surface area contributed by atoms with E-state index in [1.165, 1.54) is 0 Å². The first-order chi connectivity index (χ1) is 4.22. The van der Waals surface area contributed by atoms with Crippen LogP contribution in [0.15, 0.2) is 18.2 Å². The van der Waals surface area contributed by atoms with E-state index in [0.717, 1.165) is 11.1 Å². The molecule has 0 N–H and O–H groups in total. The van der Waals surface area contributed by atoms with Crippen molar-refractivity contribution < 1.29 is 34.7 Å². The average molecular weight is 144 g/mol. The van der Waals surface area contributed by atoms with Crippen LogP contribution in [0.3, 0.4) is 0 Å². The zero-order chi connectivity index (χ0) is 6.85. The molecule has 0 saturated carbocycles. The summed E-state index contributed by atoms with van der Waals surface area (Å²) in [5, 5.41) is 10.8. The van der Waals surface area contributed by atoms with E-state index < -0.39 is 0 Å². The Morgan fingerprint density at radius 1 is 1.20 bits per heavy atom. The van der Waals surface area contributed by atoms with Crippen LogP contribution in [0.25, 0.3) is 0 Å². The maximum Gasteiger partial charge on any atom is 1.00 e. The number of hydrogen-bond donors (Lipinski definition) is 0. The van der Waals surface area contributed by atoms with E-state index in [9.17, 15) is 5.11 Å². The number of benzene rings is 1. The minimum absolute atomic E-state index is 0. The van der Waals surface area contributed by atoms with E-state index in [-0.39, 0.29) is 35.3 Å². The van der Waals surface area contributed by atoms with Gasteiger partial charge in [-0.3, -0.25) is 0 Å². The van der Waals surface area contributed by atoms with Gasteiger partial charge in [-0.15, -0.1) is 5.75 Å². The second kappa shape index (κ2) is 4.02. The Labute approximate surface area is 83.4 Å². The summed E-state index contributed by atoms with van der Waals surface area (Å²) in [6, 6.07) is 5.31. The molecule has 2 heteroatoms. The van der Waals surface area contributed by atoms with Crippen LogP contribution in [0.4, 0.5) is 0 Å².